The molecule has 0 aliphatic rings. The minimum atomic E-state index is -0.0520. The molecule has 0 bridgehead atoms. The predicted molar refractivity (Wildman–Crippen MR) is 129 cm³/mol. The predicted octanol–water partition coefficient (Wildman–Crippen LogP) is 4.69. The standard InChI is InChI=1S/C23H33N5O2S/c1-7-30-13-12-18(5)27-20(29)14-31-23-21(24-6)22(25-15-26-23)28(16(2)3)19-11-9-8-10-17(19)4/h8-11,15-16,18H,6-7,12-14H2,1-5H3,(H,27,29). The van der Waals surface area contributed by atoms with Crippen molar-refractivity contribution in [3.05, 3.63) is 36.2 Å². The van der Waals surface area contributed by atoms with E-state index in [0.717, 1.165) is 17.7 Å². The molecule has 31 heavy (non-hydrogen) atoms. The lowest BCUT2D eigenvalue weighted by molar-refractivity contribution is -0.119. The van der Waals surface area contributed by atoms with Crippen molar-refractivity contribution >= 4 is 41.6 Å². The first kappa shape index (κ1) is 24.8. The molecule has 2 rings (SSSR count). The molecule has 1 aromatic heterocycles. The van der Waals surface area contributed by atoms with Gasteiger partial charge in [0.1, 0.15) is 17.0 Å². The van der Waals surface area contributed by atoms with Crippen LogP contribution >= 0.6 is 11.8 Å². The molecule has 0 aliphatic carbocycles. The SMILES string of the molecule is C=Nc1c(SCC(=O)NC(C)CCOCC)ncnc1N(c1ccccc1C)C(C)C. The van der Waals surface area contributed by atoms with Gasteiger partial charge in [-0.05, 0) is 59.4 Å². The van der Waals surface area contributed by atoms with E-state index >= 15 is 0 Å². The Labute approximate surface area is 189 Å². The number of hydrogen-bond donors (Lipinski definition) is 1. The van der Waals surface area contributed by atoms with Gasteiger partial charge in [0.25, 0.3) is 0 Å². The van der Waals surface area contributed by atoms with E-state index < -0.39 is 0 Å². The minimum absolute atomic E-state index is 0.0510. The van der Waals surface area contributed by atoms with Gasteiger partial charge >= 0.3 is 0 Å². The van der Waals surface area contributed by atoms with E-state index in [1.165, 1.54) is 18.1 Å². The van der Waals surface area contributed by atoms with Gasteiger partial charge in [-0.2, -0.15) is 0 Å². The van der Waals surface area contributed by atoms with Crippen molar-refractivity contribution in [3.63, 3.8) is 0 Å². The zero-order valence-electron chi connectivity index (χ0n) is 19.1. The molecule has 2 aromatic rings. The summed E-state index contributed by atoms with van der Waals surface area (Å²) in [7, 11) is 0. The molecule has 8 heteroatoms. The molecular formula is C23H33N5O2S. The maximum absolute atomic E-state index is 12.4. The van der Waals surface area contributed by atoms with E-state index in [1.54, 1.807) is 0 Å². The quantitative estimate of drug-likeness (QED) is 0.222. The molecule has 0 radical (unpaired) electrons. The summed E-state index contributed by atoms with van der Waals surface area (Å²) < 4.78 is 5.35. The molecule has 1 amide bonds. The number of thioether (sulfide) groups is 1. The maximum Gasteiger partial charge on any atom is 0.230 e. The number of carbonyl (C=O) groups excluding carboxylic acids is 1. The smallest absolute Gasteiger partial charge is 0.230 e. The molecule has 168 valence electrons. The highest BCUT2D eigenvalue weighted by Gasteiger charge is 2.22. The highest BCUT2D eigenvalue weighted by atomic mass is 32.2. The molecular weight excluding hydrogens is 410 g/mol. The topological polar surface area (TPSA) is 79.7 Å². The van der Waals surface area contributed by atoms with Crippen molar-refractivity contribution in [2.24, 2.45) is 4.99 Å². The Balaban J connectivity index is 2.18. The summed E-state index contributed by atoms with van der Waals surface area (Å²) in [6.45, 7) is 15.3. The normalized spacial score (nSPS) is 11.9. The largest absolute Gasteiger partial charge is 0.382 e. The lowest BCUT2D eigenvalue weighted by Crippen LogP contribution is -2.34. The first-order chi connectivity index (χ1) is 14.9. The van der Waals surface area contributed by atoms with E-state index in [9.17, 15) is 4.79 Å². The molecule has 1 heterocycles. The molecule has 1 atom stereocenters. The number of aliphatic imine (C=N–C) groups is 1. The van der Waals surface area contributed by atoms with Gasteiger partial charge in [-0.15, -0.1) is 0 Å². The number of para-hydroxylation sites is 1. The summed E-state index contributed by atoms with van der Waals surface area (Å²) in [6.07, 6.45) is 2.30. The van der Waals surface area contributed by atoms with Gasteiger partial charge in [0.15, 0.2) is 5.82 Å². The van der Waals surface area contributed by atoms with Gasteiger partial charge in [0.2, 0.25) is 5.91 Å². The number of aromatic nitrogens is 2. The Morgan fingerprint density at radius 3 is 2.68 bits per heavy atom. The number of hydrogen-bond acceptors (Lipinski definition) is 7. The van der Waals surface area contributed by atoms with Gasteiger partial charge in [-0.3, -0.25) is 9.79 Å². The lowest BCUT2D eigenvalue weighted by Gasteiger charge is -2.30. The fraction of sp³-hybridized carbons (Fsp3) is 0.478. The van der Waals surface area contributed by atoms with Gasteiger partial charge in [0.05, 0.1) is 5.75 Å². The Morgan fingerprint density at radius 1 is 1.29 bits per heavy atom. The van der Waals surface area contributed by atoms with Gasteiger partial charge in [0, 0.05) is 31.0 Å². The molecule has 7 nitrogen and oxygen atoms in total. The van der Waals surface area contributed by atoms with Crippen molar-refractivity contribution in [2.75, 3.05) is 23.9 Å². The molecule has 0 saturated carbocycles. The second kappa shape index (κ2) is 12.4. The average Bonchev–Trinajstić information content (AvgIpc) is 2.73. The van der Waals surface area contributed by atoms with Crippen LogP contribution in [-0.2, 0) is 9.53 Å². The van der Waals surface area contributed by atoms with Gasteiger partial charge in [-0.25, -0.2) is 9.97 Å². The summed E-state index contributed by atoms with van der Waals surface area (Å²) in [5.74, 6) is 0.871. The van der Waals surface area contributed by atoms with Crippen molar-refractivity contribution in [1.82, 2.24) is 15.3 Å². The average molecular weight is 444 g/mol. The van der Waals surface area contributed by atoms with E-state index in [-0.39, 0.29) is 23.7 Å². The molecule has 0 saturated heterocycles. The summed E-state index contributed by atoms with van der Waals surface area (Å²) >= 11 is 1.34. The number of benzene rings is 1. The second-order valence-corrected chi connectivity index (χ2v) is 8.47. The number of aryl methyl sites for hydroxylation is 1. The van der Waals surface area contributed by atoms with Crippen molar-refractivity contribution in [3.8, 4) is 0 Å². The van der Waals surface area contributed by atoms with Gasteiger partial charge in [-0.1, -0.05) is 30.0 Å². The summed E-state index contributed by atoms with van der Waals surface area (Å²) in [5, 5.41) is 3.63. The highest BCUT2D eigenvalue weighted by molar-refractivity contribution is 8.00. The van der Waals surface area contributed by atoms with Crippen LogP contribution in [0.15, 0.2) is 40.6 Å². The Hall–Kier alpha value is -2.45. The van der Waals surface area contributed by atoms with Crippen LogP contribution in [-0.4, -0.2) is 53.6 Å². The van der Waals surface area contributed by atoms with Gasteiger partial charge < -0.3 is 15.0 Å². The van der Waals surface area contributed by atoms with E-state index in [1.807, 2.05) is 26.0 Å². The number of amides is 1. The zero-order chi connectivity index (χ0) is 22.8. The molecule has 1 aromatic carbocycles. The number of ether oxygens (including phenoxy) is 1. The van der Waals surface area contributed by atoms with Crippen LogP contribution < -0.4 is 10.2 Å². The second-order valence-electron chi connectivity index (χ2n) is 7.50. The fourth-order valence-corrected chi connectivity index (χ4v) is 3.94. The van der Waals surface area contributed by atoms with Crippen LogP contribution in [0.4, 0.5) is 17.2 Å². The number of anilines is 2. The Morgan fingerprint density at radius 2 is 2.03 bits per heavy atom. The van der Waals surface area contributed by atoms with Crippen LogP contribution in [0.5, 0.6) is 0 Å². The zero-order valence-corrected chi connectivity index (χ0v) is 19.9. The van der Waals surface area contributed by atoms with Crippen LogP contribution in [0, 0.1) is 6.92 Å². The number of rotatable bonds is 12. The molecule has 1 unspecified atom stereocenters. The van der Waals surface area contributed by atoms with Crippen LogP contribution in [0.3, 0.4) is 0 Å². The third-order valence-electron chi connectivity index (χ3n) is 4.69. The van der Waals surface area contributed by atoms with E-state index in [0.29, 0.717) is 29.7 Å². The van der Waals surface area contributed by atoms with Crippen LogP contribution in [0.2, 0.25) is 0 Å². The third kappa shape index (κ3) is 7.04. The summed E-state index contributed by atoms with van der Waals surface area (Å²) in [4.78, 5) is 27.6. The summed E-state index contributed by atoms with van der Waals surface area (Å²) in [6, 6.07) is 8.35. The first-order valence-electron chi connectivity index (χ1n) is 10.6. The summed E-state index contributed by atoms with van der Waals surface area (Å²) in [5.41, 5.74) is 2.78. The lowest BCUT2D eigenvalue weighted by atomic mass is 10.1. The monoisotopic (exact) mass is 443 g/mol. The highest BCUT2D eigenvalue weighted by Crippen LogP contribution is 2.39. The Bertz CT molecular complexity index is 875. The number of carbonyl (C=O) groups is 1. The molecule has 0 aliphatic heterocycles. The van der Waals surface area contributed by atoms with Crippen molar-refractivity contribution in [1.29, 1.82) is 0 Å². The fourth-order valence-electron chi connectivity index (χ4n) is 3.17. The number of nitrogens with zero attached hydrogens (tertiary/aromatic N) is 4. The third-order valence-corrected chi connectivity index (χ3v) is 5.67. The molecule has 1 N–H and O–H groups in total. The first-order valence-corrected chi connectivity index (χ1v) is 11.5. The van der Waals surface area contributed by atoms with E-state index in [2.05, 4.69) is 64.8 Å². The van der Waals surface area contributed by atoms with Crippen LogP contribution in [0.1, 0.15) is 39.7 Å². The van der Waals surface area contributed by atoms with Crippen molar-refractivity contribution < 1.29 is 9.53 Å². The molecule has 0 spiro atoms. The van der Waals surface area contributed by atoms with Crippen molar-refractivity contribution in [2.45, 2.75) is 58.1 Å². The number of nitrogens with one attached hydrogen (secondary N) is 1. The van der Waals surface area contributed by atoms with Crippen LogP contribution in [0.25, 0.3) is 0 Å². The molecule has 0 fully saturated rings. The maximum atomic E-state index is 12.4. The minimum Gasteiger partial charge on any atom is -0.382 e. The van der Waals surface area contributed by atoms with E-state index in [4.69, 9.17) is 4.74 Å². The Kier molecular flexibility index (Phi) is 9.94.